The highest BCUT2D eigenvalue weighted by molar-refractivity contribution is 5.94. The molecule has 1 amide bonds. The fourth-order valence-electron chi connectivity index (χ4n) is 3.85. The molecule has 7 heteroatoms. The number of anilines is 1. The molecular weight excluding hydrogens is 406 g/mol. The van der Waals surface area contributed by atoms with Gasteiger partial charge in [-0.05, 0) is 57.4 Å². The van der Waals surface area contributed by atoms with Crippen molar-refractivity contribution in [3.05, 3.63) is 58.1 Å². The van der Waals surface area contributed by atoms with Gasteiger partial charge in [-0.3, -0.25) is 14.2 Å². The van der Waals surface area contributed by atoms with Crippen molar-refractivity contribution >= 4 is 22.5 Å². The second kappa shape index (κ2) is 9.85. The fraction of sp³-hybridized carbons (Fsp3) is 0.400. The van der Waals surface area contributed by atoms with Gasteiger partial charge < -0.3 is 14.4 Å². The summed E-state index contributed by atoms with van der Waals surface area (Å²) in [7, 11) is 3.07. The van der Waals surface area contributed by atoms with Crippen molar-refractivity contribution in [3.63, 3.8) is 0 Å². The predicted molar refractivity (Wildman–Crippen MR) is 127 cm³/mol. The van der Waals surface area contributed by atoms with E-state index >= 15 is 0 Å². The van der Waals surface area contributed by atoms with Crippen molar-refractivity contribution in [2.45, 2.75) is 53.1 Å². The molecule has 0 aliphatic heterocycles. The largest absolute Gasteiger partial charge is 0.493 e. The highest BCUT2D eigenvalue weighted by Crippen LogP contribution is 2.30. The maximum atomic E-state index is 13.1. The summed E-state index contributed by atoms with van der Waals surface area (Å²) in [4.78, 5) is 32.3. The molecule has 0 bridgehead atoms. The van der Waals surface area contributed by atoms with E-state index in [4.69, 9.17) is 9.47 Å². The molecule has 0 aliphatic rings. The zero-order valence-electron chi connectivity index (χ0n) is 19.6. The van der Waals surface area contributed by atoms with Gasteiger partial charge in [0.25, 0.3) is 5.56 Å². The Morgan fingerprint density at radius 3 is 2.44 bits per heavy atom. The molecule has 3 aromatic rings. The topological polar surface area (TPSA) is 73.7 Å². The first-order valence-corrected chi connectivity index (χ1v) is 10.8. The van der Waals surface area contributed by atoms with Crippen molar-refractivity contribution in [2.24, 2.45) is 0 Å². The predicted octanol–water partition coefficient (Wildman–Crippen LogP) is 4.25. The number of hydrogen-bond donors (Lipinski definition) is 0. The molecule has 3 rings (SSSR count). The van der Waals surface area contributed by atoms with Crippen LogP contribution in [0.3, 0.4) is 0 Å². The average molecular weight is 438 g/mol. The Morgan fingerprint density at radius 1 is 1.09 bits per heavy atom. The number of rotatable bonds is 8. The minimum absolute atomic E-state index is 0.0375. The standard InChI is InChI=1S/C25H31N3O4/c1-16(2)28(21-12-17(3)9-10-18(21)4)24(29)8-7-11-27-15-26-20-14-23(32-6)22(31-5)13-19(20)25(27)30/h9-10,12-16H,7-8,11H2,1-6H3. The molecule has 0 saturated carbocycles. The van der Waals surface area contributed by atoms with Crippen LogP contribution in [0, 0.1) is 13.8 Å². The van der Waals surface area contributed by atoms with E-state index in [2.05, 4.69) is 4.98 Å². The maximum Gasteiger partial charge on any atom is 0.261 e. The lowest BCUT2D eigenvalue weighted by Gasteiger charge is -2.29. The van der Waals surface area contributed by atoms with Crippen LogP contribution in [0.4, 0.5) is 5.69 Å². The fourth-order valence-corrected chi connectivity index (χ4v) is 3.85. The Hall–Kier alpha value is -3.35. The van der Waals surface area contributed by atoms with Crippen LogP contribution in [0.2, 0.25) is 0 Å². The summed E-state index contributed by atoms with van der Waals surface area (Å²) < 4.78 is 12.1. The highest BCUT2D eigenvalue weighted by atomic mass is 16.5. The molecule has 0 atom stereocenters. The van der Waals surface area contributed by atoms with E-state index in [1.54, 1.807) is 23.8 Å². The smallest absolute Gasteiger partial charge is 0.261 e. The van der Waals surface area contributed by atoms with Gasteiger partial charge >= 0.3 is 0 Å². The third-order valence-corrected chi connectivity index (χ3v) is 5.53. The molecule has 0 radical (unpaired) electrons. The number of benzene rings is 2. The van der Waals surface area contributed by atoms with Crippen LogP contribution in [-0.4, -0.2) is 35.7 Å². The van der Waals surface area contributed by atoms with Crippen LogP contribution in [0.15, 0.2) is 41.5 Å². The van der Waals surface area contributed by atoms with Gasteiger partial charge in [0.05, 0.1) is 31.4 Å². The lowest BCUT2D eigenvalue weighted by Crippen LogP contribution is -2.37. The normalized spacial score (nSPS) is 11.1. The zero-order chi connectivity index (χ0) is 23.4. The number of methoxy groups -OCH3 is 2. The van der Waals surface area contributed by atoms with Crippen LogP contribution in [-0.2, 0) is 11.3 Å². The number of aromatic nitrogens is 2. The van der Waals surface area contributed by atoms with Gasteiger partial charge in [-0.25, -0.2) is 4.98 Å². The molecule has 170 valence electrons. The van der Waals surface area contributed by atoms with Crippen molar-refractivity contribution in [1.82, 2.24) is 9.55 Å². The summed E-state index contributed by atoms with van der Waals surface area (Å²) in [5.41, 5.74) is 3.50. The van der Waals surface area contributed by atoms with E-state index < -0.39 is 0 Å². The van der Waals surface area contributed by atoms with E-state index in [0.717, 1.165) is 16.8 Å². The lowest BCUT2D eigenvalue weighted by atomic mass is 10.1. The molecule has 0 spiro atoms. The number of carbonyl (C=O) groups is 1. The van der Waals surface area contributed by atoms with E-state index in [0.29, 0.717) is 41.8 Å². The van der Waals surface area contributed by atoms with Gasteiger partial charge in [0.15, 0.2) is 11.5 Å². The second-order valence-corrected chi connectivity index (χ2v) is 8.22. The minimum Gasteiger partial charge on any atom is -0.493 e. The van der Waals surface area contributed by atoms with E-state index in [9.17, 15) is 9.59 Å². The Morgan fingerprint density at radius 2 is 1.78 bits per heavy atom. The van der Waals surface area contributed by atoms with Gasteiger partial charge in [0, 0.05) is 30.8 Å². The molecule has 1 heterocycles. The molecule has 32 heavy (non-hydrogen) atoms. The molecule has 0 N–H and O–H groups in total. The summed E-state index contributed by atoms with van der Waals surface area (Å²) >= 11 is 0. The molecule has 0 saturated heterocycles. The molecular formula is C25H31N3O4. The highest BCUT2D eigenvalue weighted by Gasteiger charge is 2.20. The van der Waals surface area contributed by atoms with Gasteiger partial charge in [-0.2, -0.15) is 0 Å². The van der Waals surface area contributed by atoms with Crippen molar-refractivity contribution in [2.75, 3.05) is 19.1 Å². The second-order valence-electron chi connectivity index (χ2n) is 8.22. The summed E-state index contributed by atoms with van der Waals surface area (Å²) in [6, 6.07) is 9.51. The maximum absolute atomic E-state index is 13.1. The van der Waals surface area contributed by atoms with Crippen LogP contribution < -0.4 is 19.9 Å². The molecule has 1 aromatic heterocycles. The van der Waals surface area contributed by atoms with E-state index in [1.165, 1.54) is 13.4 Å². The number of hydrogen-bond acceptors (Lipinski definition) is 5. The summed E-state index contributed by atoms with van der Waals surface area (Å²) in [6.45, 7) is 8.47. The first-order valence-electron chi connectivity index (χ1n) is 10.8. The molecule has 2 aromatic carbocycles. The van der Waals surface area contributed by atoms with Crippen LogP contribution >= 0.6 is 0 Å². The number of carbonyl (C=O) groups excluding carboxylic acids is 1. The number of aryl methyl sites for hydroxylation is 3. The van der Waals surface area contributed by atoms with Gasteiger partial charge in [0.1, 0.15) is 0 Å². The quantitative estimate of drug-likeness (QED) is 0.527. The number of fused-ring (bicyclic) bond motifs is 1. The van der Waals surface area contributed by atoms with Crippen LogP contribution in [0.25, 0.3) is 10.9 Å². The number of ether oxygens (including phenoxy) is 2. The third-order valence-electron chi connectivity index (χ3n) is 5.53. The lowest BCUT2D eigenvalue weighted by molar-refractivity contribution is -0.119. The van der Waals surface area contributed by atoms with Gasteiger partial charge in [-0.1, -0.05) is 12.1 Å². The number of nitrogens with zero attached hydrogens (tertiary/aromatic N) is 3. The van der Waals surface area contributed by atoms with Crippen molar-refractivity contribution < 1.29 is 14.3 Å². The van der Waals surface area contributed by atoms with Crippen molar-refractivity contribution in [3.8, 4) is 11.5 Å². The molecule has 7 nitrogen and oxygen atoms in total. The van der Waals surface area contributed by atoms with E-state index in [1.807, 2.05) is 50.8 Å². The Bertz CT molecular complexity index is 1180. The van der Waals surface area contributed by atoms with Gasteiger partial charge in [-0.15, -0.1) is 0 Å². The van der Waals surface area contributed by atoms with Gasteiger partial charge in [0.2, 0.25) is 5.91 Å². The molecule has 0 aliphatic carbocycles. The Balaban J connectivity index is 1.77. The minimum atomic E-state index is -0.168. The third kappa shape index (κ3) is 4.77. The monoisotopic (exact) mass is 437 g/mol. The Kier molecular flexibility index (Phi) is 7.18. The summed E-state index contributed by atoms with van der Waals surface area (Å²) in [5.74, 6) is 1.05. The van der Waals surface area contributed by atoms with Crippen LogP contribution in [0.1, 0.15) is 37.8 Å². The van der Waals surface area contributed by atoms with Crippen molar-refractivity contribution in [1.29, 1.82) is 0 Å². The average Bonchev–Trinajstić information content (AvgIpc) is 2.76. The summed E-state index contributed by atoms with van der Waals surface area (Å²) in [6.07, 6.45) is 2.39. The first kappa shape index (κ1) is 23.3. The first-order chi connectivity index (χ1) is 15.3. The van der Waals surface area contributed by atoms with Crippen LogP contribution in [0.5, 0.6) is 11.5 Å². The zero-order valence-corrected chi connectivity index (χ0v) is 19.6. The molecule has 0 fully saturated rings. The SMILES string of the molecule is COc1cc2ncn(CCCC(=O)N(c3cc(C)ccc3C)C(C)C)c(=O)c2cc1OC. The number of amides is 1. The summed E-state index contributed by atoms with van der Waals surface area (Å²) in [5, 5.41) is 0.454. The van der Waals surface area contributed by atoms with E-state index in [-0.39, 0.29) is 17.5 Å². The Labute approximate surface area is 188 Å². The molecule has 0 unspecified atom stereocenters.